The fraction of sp³-hybridized carbons (Fsp3) is 0.133. The van der Waals surface area contributed by atoms with E-state index in [1.165, 1.54) is 0 Å². The van der Waals surface area contributed by atoms with Crippen LogP contribution >= 0.6 is 40.3 Å². The molecule has 0 amide bonds. The van der Waals surface area contributed by atoms with E-state index in [9.17, 15) is 9.18 Å². The van der Waals surface area contributed by atoms with Crippen LogP contribution in [-0.4, -0.2) is 13.6 Å². The first-order chi connectivity index (χ1) is 10.6. The standard InChI is InChI=1S/C15H18BFNOP3S/c1-4-3-6(5(2)12(20)10(4)18)11(19)7-8(16)9(17)15(23)14(22)13(7)21/h3,23H,16,18,20-22H2,1-2H3. The minimum atomic E-state index is -0.469. The van der Waals surface area contributed by atoms with Crippen molar-refractivity contribution in [3.05, 3.63) is 34.1 Å². The molecule has 2 N–H and O–H groups in total. The average molecular weight is 383 g/mol. The molecule has 2 rings (SSSR count). The zero-order valence-corrected chi connectivity index (χ0v) is 17.5. The topological polar surface area (TPSA) is 43.1 Å². The lowest BCUT2D eigenvalue weighted by molar-refractivity contribution is 0.104. The number of nitrogen functional groups attached to an aromatic ring is 1. The molecule has 0 spiro atoms. The molecule has 0 bridgehead atoms. The van der Waals surface area contributed by atoms with E-state index in [2.05, 4.69) is 40.3 Å². The van der Waals surface area contributed by atoms with Crippen molar-refractivity contribution in [3.63, 3.8) is 0 Å². The molecule has 8 heteroatoms. The highest BCUT2D eigenvalue weighted by Gasteiger charge is 2.24. The van der Waals surface area contributed by atoms with Gasteiger partial charge in [-0.25, -0.2) is 4.39 Å². The maximum atomic E-state index is 14.4. The summed E-state index contributed by atoms with van der Waals surface area (Å²) in [6, 6.07) is 1.76. The van der Waals surface area contributed by atoms with E-state index in [0.717, 1.165) is 16.4 Å². The van der Waals surface area contributed by atoms with Gasteiger partial charge in [0.1, 0.15) is 13.7 Å². The highest BCUT2D eigenvalue weighted by Crippen LogP contribution is 2.22. The van der Waals surface area contributed by atoms with Crippen LogP contribution in [0.1, 0.15) is 27.0 Å². The SMILES string of the molecule is Bc1c(F)c(S)c(P)c(P)c1C(=O)c1cc(C)c(N)c(P)c1C. The summed E-state index contributed by atoms with van der Waals surface area (Å²) in [6.07, 6.45) is 0. The van der Waals surface area contributed by atoms with Crippen molar-refractivity contribution in [2.45, 2.75) is 18.7 Å². The number of hydrogen-bond donors (Lipinski definition) is 2. The van der Waals surface area contributed by atoms with Crippen LogP contribution in [0.25, 0.3) is 0 Å². The molecule has 2 nitrogen and oxygen atoms in total. The summed E-state index contributed by atoms with van der Waals surface area (Å²) in [5.41, 5.74) is 9.45. The lowest BCUT2D eigenvalue weighted by atomic mass is 9.85. The third-order valence-corrected chi connectivity index (χ3v) is 7.04. The van der Waals surface area contributed by atoms with Gasteiger partial charge >= 0.3 is 0 Å². The Balaban J connectivity index is 2.78. The minimum absolute atomic E-state index is 0.215. The smallest absolute Gasteiger partial charge is 0.193 e. The van der Waals surface area contributed by atoms with Gasteiger partial charge in [0, 0.05) is 21.7 Å². The molecule has 0 aliphatic heterocycles. The van der Waals surface area contributed by atoms with Crippen molar-refractivity contribution < 1.29 is 9.18 Å². The summed E-state index contributed by atoms with van der Waals surface area (Å²) < 4.78 is 14.4. The molecule has 0 aromatic heterocycles. The number of nitrogens with two attached hydrogens (primary N) is 1. The van der Waals surface area contributed by atoms with Crippen LogP contribution in [0, 0.1) is 19.7 Å². The third-order valence-electron chi connectivity index (χ3n) is 4.08. The minimum Gasteiger partial charge on any atom is -0.398 e. The molecule has 2 aromatic rings. The summed E-state index contributed by atoms with van der Waals surface area (Å²) in [4.78, 5) is 13.3. The van der Waals surface area contributed by atoms with E-state index in [1.54, 1.807) is 13.9 Å². The summed E-state index contributed by atoms with van der Waals surface area (Å²) in [7, 11) is 9.13. The van der Waals surface area contributed by atoms with Gasteiger partial charge < -0.3 is 5.73 Å². The third kappa shape index (κ3) is 3.10. The highest BCUT2D eigenvalue weighted by molar-refractivity contribution is 7.81. The Morgan fingerprint density at radius 3 is 2.35 bits per heavy atom. The molecule has 0 fully saturated rings. The number of rotatable bonds is 2. The zero-order valence-electron chi connectivity index (χ0n) is 13.1. The number of carbonyl (C=O) groups is 1. The van der Waals surface area contributed by atoms with Crippen molar-refractivity contribution in [1.82, 2.24) is 0 Å². The number of aryl methyl sites for hydroxylation is 1. The first-order valence-electron chi connectivity index (χ1n) is 6.85. The Morgan fingerprint density at radius 1 is 1.22 bits per heavy atom. The van der Waals surface area contributed by atoms with Crippen LogP contribution in [0.2, 0.25) is 0 Å². The fourth-order valence-electron chi connectivity index (χ4n) is 2.49. The highest BCUT2D eigenvalue weighted by atomic mass is 32.1. The molecule has 0 saturated heterocycles. The van der Waals surface area contributed by atoms with Crippen LogP contribution in [0.4, 0.5) is 10.1 Å². The molecular formula is C15H18BFNOP3S. The largest absolute Gasteiger partial charge is 0.398 e. The predicted octanol–water partition coefficient (Wildman–Crippen LogP) is 0.304. The Kier molecular flexibility index (Phi) is 5.59. The number of carbonyl (C=O) groups excluding carboxylic acids is 1. The van der Waals surface area contributed by atoms with Gasteiger partial charge in [-0.2, -0.15) is 0 Å². The van der Waals surface area contributed by atoms with Gasteiger partial charge in [-0.05, 0) is 52.4 Å². The van der Waals surface area contributed by atoms with E-state index < -0.39 is 5.82 Å². The number of benzene rings is 2. The van der Waals surface area contributed by atoms with Crippen LogP contribution in [0.15, 0.2) is 11.0 Å². The number of thiol groups is 1. The Bertz CT molecular complexity index is 829. The monoisotopic (exact) mass is 383 g/mol. The van der Waals surface area contributed by atoms with Crippen molar-refractivity contribution in [3.8, 4) is 0 Å². The summed E-state index contributed by atoms with van der Waals surface area (Å²) in [5.74, 6) is -0.684. The Morgan fingerprint density at radius 2 is 1.78 bits per heavy atom. The first-order valence-corrected chi connectivity index (χ1v) is 9.03. The second-order valence-electron chi connectivity index (χ2n) is 5.51. The van der Waals surface area contributed by atoms with Crippen molar-refractivity contribution >= 4 is 81.0 Å². The summed E-state index contributed by atoms with van der Waals surface area (Å²) in [5, 5.41) is 2.01. The lowest BCUT2D eigenvalue weighted by Gasteiger charge is -2.18. The molecule has 3 atom stereocenters. The van der Waals surface area contributed by atoms with E-state index >= 15 is 0 Å². The van der Waals surface area contributed by atoms with Gasteiger partial charge in [-0.3, -0.25) is 4.79 Å². The summed E-state index contributed by atoms with van der Waals surface area (Å²) in [6.45, 7) is 3.69. The maximum absolute atomic E-state index is 14.4. The molecule has 3 unspecified atom stereocenters. The predicted molar refractivity (Wildman–Crippen MR) is 114 cm³/mol. The quantitative estimate of drug-likeness (QED) is 0.258. The van der Waals surface area contributed by atoms with Crippen molar-refractivity contribution in [2.24, 2.45) is 0 Å². The number of anilines is 1. The van der Waals surface area contributed by atoms with Gasteiger partial charge in [0.2, 0.25) is 0 Å². The Hall–Kier alpha value is -0.455. The second kappa shape index (κ2) is 6.81. The number of halogens is 1. The molecule has 23 heavy (non-hydrogen) atoms. The van der Waals surface area contributed by atoms with Gasteiger partial charge in [-0.15, -0.1) is 40.3 Å². The second-order valence-corrected chi connectivity index (χ2v) is 7.69. The average Bonchev–Trinajstić information content (AvgIpc) is 2.52. The van der Waals surface area contributed by atoms with Gasteiger partial charge in [0.25, 0.3) is 0 Å². The number of ketones is 1. The van der Waals surface area contributed by atoms with E-state index in [1.807, 2.05) is 13.8 Å². The van der Waals surface area contributed by atoms with Crippen LogP contribution < -0.4 is 27.1 Å². The lowest BCUT2D eigenvalue weighted by Crippen LogP contribution is -2.35. The number of hydrogen-bond acceptors (Lipinski definition) is 3. The van der Waals surface area contributed by atoms with Crippen molar-refractivity contribution in [2.75, 3.05) is 5.73 Å². The molecule has 0 saturated carbocycles. The molecule has 120 valence electrons. The van der Waals surface area contributed by atoms with Crippen molar-refractivity contribution in [1.29, 1.82) is 0 Å². The molecule has 0 aliphatic carbocycles. The van der Waals surface area contributed by atoms with Gasteiger partial charge in [0.15, 0.2) is 5.78 Å². The fourth-order valence-corrected chi connectivity index (χ4v) is 4.05. The van der Waals surface area contributed by atoms with Crippen LogP contribution in [0.3, 0.4) is 0 Å². The first kappa shape index (κ1) is 18.9. The van der Waals surface area contributed by atoms with Crippen LogP contribution in [0.5, 0.6) is 0 Å². The van der Waals surface area contributed by atoms with Gasteiger partial charge in [0.05, 0.1) is 0 Å². The molecule has 2 aromatic carbocycles. The van der Waals surface area contributed by atoms with Gasteiger partial charge in [-0.1, -0.05) is 0 Å². The zero-order chi connectivity index (χ0) is 17.6. The molecule has 0 radical (unpaired) electrons. The summed E-state index contributed by atoms with van der Waals surface area (Å²) >= 11 is 4.18. The maximum Gasteiger partial charge on any atom is 0.193 e. The molecule has 0 heterocycles. The van der Waals surface area contributed by atoms with E-state index in [-0.39, 0.29) is 10.7 Å². The molecular weight excluding hydrogens is 365 g/mol. The van der Waals surface area contributed by atoms with E-state index in [0.29, 0.717) is 32.9 Å². The molecule has 0 aliphatic rings. The normalized spacial score (nSPS) is 10.9. The Labute approximate surface area is 149 Å². The van der Waals surface area contributed by atoms with E-state index in [4.69, 9.17) is 5.73 Å². The van der Waals surface area contributed by atoms with Crippen LogP contribution in [-0.2, 0) is 0 Å².